The number of H-pyrrole nitrogens is 2. The third-order valence-electron chi connectivity index (χ3n) is 12.7. The smallest absolute Gasteiger partial charge is 0.407 e. The summed E-state index contributed by atoms with van der Waals surface area (Å²) in [5.74, 6) is 1.84. The van der Waals surface area contributed by atoms with Crippen LogP contribution in [0.2, 0.25) is 0 Å². The second-order valence-electron chi connectivity index (χ2n) is 17.2. The summed E-state index contributed by atoms with van der Waals surface area (Å²) in [7, 11) is 2.59. The van der Waals surface area contributed by atoms with Gasteiger partial charge in [-0.3, -0.25) is 14.6 Å². The highest BCUT2D eigenvalue weighted by atomic mass is 16.5. The second kappa shape index (κ2) is 15.4. The van der Waals surface area contributed by atoms with E-state index in [0.717, 1.165) is 64.9 Å². The molecule has 2 aromatic carbocycles. The van der Waals surface area contributed by atoms with Crippen LogP contribution in [0.1, 0.15) is 77.1 Å². The number of rotatable bonds is 11. The standard InChI is InChI=1S/C44H50N10O6/c1-21(2)37(51-43(57)59-5)41(55)53-33-14-26(33)16-35(53)39-46-18-30(49-39)24-9-7-23(8-10-24)25-11-12-28-29(13-25)45-19-31(48-28)32-20-47-40(50-32)36-17-27-15-34(27)54(36)42(56)38(22(3)4)52-44(58)60-6/h7-13,18-22,26-27,33-38H,14-17H2,1-6H3,(H,46,49)(H,47,50)(H,51,57)(H,52,58)/t26?,27-,33-,34-,35+,36+,37+,38+/m1/s1. The monoisotopic (exact) mass is 814 g/mol. The summed E-state index contributed by atoms with van der Waals surface area (Å²) in [5, 5.41) is 5.46. The third-order valence-corrected chi connectivity index (χ3v) is 12.7. The molecule has 312 valence electrons. The maximum Gasteiger partial charge on any atom is 0.407 e. The summed E-state index contributed by atoms with van der Waals surface area (Å²) < 4.78 is 9.59. The number of amides is 4. The van der Waals surface area contributed by atoms with E-state index in [2.05, 4.69) is 32.7 Å². The Morgan fingerprint density at radius 1 is 0.633 bits per heavy atom. The average Bonchev–Trinajstić information content (AvgIpc) is 3.83. The third kappa shape index (κ3) is 7.21. The summed E-state index contributed by atoms with van der Waals surface area (Å²) in [6.07, 6.45) is 7.60. The molecule has 9 rings (SSSR count). The molecule has 60 heavy (non-hydrogen) atoms. The molecular formula is C44H50N10O6. The first kappa shape index (κ1) is 39.2. The van der Waals surface area contributed by atoms with Gasteiger partial charge in [0.15, 0.2) is 0 Å². The number of hydrogen-bond donors (Lipinski definition) is 4. The number of ether oxygens (including phenoxy) is 2. The van der Waals surface area contributed by atoms with Gasteiger partial charge in [0.1, 0.15) is 29.4 Å². The number of methoxy groups -OCH3 is 2. The number of aromatic nitrogens is 6. The molecule has 16 heteroatoms. The first-order valence-corrected chi connectivity index (χ1v) is 20.7. The zero-order valence-corrected chi connectivity index (χ0v) is 34.5. The largest absolute Gasteiger partial charge is 0.453 e. The van der Waals surface area contributed by atoms with Crippen LogP contribution in [0.25, 0.3) is 44.8 Å². The molecule has 8 atom stereocenters. The maximum atomic E-state index is 13.8. The number of imidazole rings is 2. The number of piperidine rings is 2. The molecule has 2 saturated heterocycles. The number of aromatic amines is 2. The lowest BCUT2D eigenvalue weighted by Gasteiger charge is -2.31. The van der Waals surface area contributed by atoms with Gasteiger partial charge < -0.3 is 39.9 Å². The van der Waals surface area contributed by atoms with Crippen molar-refractivity contribution in [3.05, 3.63) is 72.7 Å². The van der Waals surface area contributed by atoms with Gasteiger partial charge in [-0.25, -0.2) is 24.5 Å². The van der Waals surface area contributed by atoms with Crippen LogP contribution >= 0.6 is 0 Å². The van der Waals surface area contributed by atoms with Gasteiger partial charge in [-0.1, -0.05) is 58.0 Å². The number of nitrogens with one attached hydrogen (secondary N) is 4. The molecule has 2 saturated carbocycles. The lowest BCUT2D eigenvalue weighted by molar-refractivity contribution is -0.137. The van der Waals surface area contributed by atoms with E-state index in [1.807, 2.05) is 74.0 Å². The first-order valence-electron chi connectivity index (χ1n) is 20.7. The highest BCUT2D eigenvalue weighted by molar-refractivity contribution is 5.88. The number of nitrogens with zero attached hydrogens (tertiary/aromatic N) is 6. The van der Waals surface area contributed by atoms with Crippen molar-refractivity contribution in [2.75, 3.05) is 14.2 Å². The van der Waals surface area contributed by atoms with E-state index in [1.54, 1.807) is 12.4 Å². The minimum atomic E-state index is -0.700. The van der Waals surface area contributed by atoms with Crippen molar-refractivity contribution in [3.63, 3.8) is 0 Å². The van der Waals surface area contributed by atoms with Crippen LogP contribution in [0.3, 0.4) is 0 Å². The van der Waals surface area contributed by atoms with E-state index in [-0.39, 0.29) is 47.8 Å². The molecule has 0 bridgehead atoms. The van der Waals surface area contributed by atoms with Crippen LogP contribution in [0, 0.1) is 23.7 Å². The van der Waals surface area contributed by atoms with Crippen molar-refractivity contribution in [1.82, 2.24) is 50.3 Å². The molecule has 5 heterocycles. The average molecular weight is 815 g/mol. The minimum absolute atomic E-state index is 0.104. The molecule has 1 unspecified atom stereocenters. The van der Waals surface area contributed by atoms with Crippen LogP contribution < -0.4 is 10.6 Å². The lowest BCUT2D eigenvalue weighted by Crippen LogP contribution is -2.52. The van der Waals surface area contributed by atoms with Gasteiger partial charge in [0.05, 0.1) is 67.3 Å². The Kier molecular flexibility index (Phi) is 10.0. The fraction of sp³-hybridized carbons (Fsp3) is 0.455. The molecule has 3 aromatic heterocycles. The van der Waals surface area contributed by atoms with Crippen LogP contribution in [0.15, 0.2) is 61.1 Å². The minimum Gasteiger partial charge on any atom is -0.453 e. The Morgan fingerprint density at radius 2 is 1.13 bits per heavy atom. The topological polar surface area (TPSA) is 200 Å². The summed E-state index contributed by atoms with van der Waals surface area (Å²) in [6.45, 7) is 7.65. The van der Waals surface area contributed by atoms with Crippen LogP contribution in [-0.2, 0) is 19.1 Å². The highest BCUT2D eigenvalue weighted by Gasteiger charge is 2.57. The summed E-state index contributed by atoms with van der Waals surface area (Å²) in [4.78, 5) is 81.5. The Balaban J connectivity index is 0.880. The predicted molar refractivity (Wildman–Crippen MR) is 221 cm³/mol. The predicted octanol–water partition coefficient (Wildman–Crippen LogP) is 6.16. The van der Waals surface area contributed by atoms with Crippen molar-refractivity contribution in [1.29, 1.82) is 0 Å². The summed E-state index contributed by atoms with van der Waals surface area (Å²) >= 11 is 0. The molecule has 4 fully saturated rings. The number of hydrogen-bond acceptors (Lipinski definition) is 10. The lowest BCUT2D eigenvalue weighted by atomic mass is 10.0. The van der Waals surface area contributed by atoms with Gasteiger partial charge in [0, 0.05) is 12.1 Å². The van der Waals surface area contributed by atoms with Crippen LogP contribution in [-0.4, -0.2) is 102 Å². The number of carbonyl (C=O) groups is 4. The van der Waals surface area contributed by atoms with Crippen LogP contribution in [0.5, 0.6) is 0 Å². The van der Waals surface area contributed by atoms with E-state index in [9.17, 15) is 19.2 Å². The summed E-state index contributed by atoms with van der Waals surface area (Å²) in [5.41, 5.74) is 6.68. The van der Waals surface area contributed by atoms with Gasteiger partial charge in [-0.15, -0.1) is 0 Å². The van der Waals surface area contributed by atoms with Crippen molar-refractivity contribution < 1.29 is 28.7 Å². The molecule has 2 aliphatic carbocycles. The quantitative estimate of drug-likeness (QED) is 0.120. The van der Waals surface area contributed by atoms with Gasteiger partial charge in [-0.05, 0) is 78.2 Å². The Labute approximate surface area is 347 Å². The van der Waals surface area contributed by atoms with E-state index >= 15 is 0 Å². The number of fused-ring (bicyclic) bond motifs is 3. The first-order chi connectivity index (χ1) is 28.9. The van der Waals surface area contributed by atoms with Crippen LogP contribution in [0.4, 0.5) is 9.59 Å². The Morgan fingerprint density at radius 3 is 1.67 bits per heavy atom. The summed E-state index contributed by atoms with van der Waals surface area (Å²) in [6, 6.07) is 12.7. The van der Waals surface area contributed by atoms with E-state index in [4.69, 9.17) is 29.4 Å². The second-order valence-corrected chi connectivity index (χ2v) is 17.2. The van der Waals surface area contributed by atoms with E-state index in [0.29, 0.717) is 29.0 Å². The Hall–Kier alpha value is -6.32. The van der Waals surface area contributed by atoms with Crippen molar-refractivity contribution >= 4 is 35.0 Å². The number of carbonyl (C=O) groups excluding carboxylic acids is 4. The molecule has 16 nitrogen and oxygen atoms in total. The molecule has 0 radical (unpaired) electrons. The van der Waals surface area contributed by atoms with E-state index in [1.165, 1.54) is 14.2 Å². The fourth-order valence-corrected chi connectivity index (χ4v) is 9.21. The molecule has 5 aromatic rings. The SMILES string of the molecule is COC(=O)N[C@H](C(=O)N1[C@@H]2CC2C[C@H]1c1ncc(-c2ccc(-c3ccc4nc(-c5cnc([C@@H]6C[C@H]7C[C@H]7N6C(=O)[C@@H](NC(=O)OC)C(C)C)[nH]5)cnc4c3)cc2)[nH]1)C(C)C. The van der Waals surface area contributed by atoms with Gasteiger partial charge in [0.25, 0.3) is 0 Å². The van der Waals surface area contributed by atoms with E-state index < -0.39 is 24.3 Å². The molecule has 4 N–H and O–H groups in total. The van der Waals surface area contributed by atoms with Gasteiger partial charge in [-0.2, -0.15) is 0 Å². The van der Waals surface area contributed by atoms with Gasteiger partial charge in [0.2, 0.25) is 11.8 Å². The zero-order chi connectivity index (χ0) is 42.0. The zero-order valence-electron chi connectivity index (χ0n) is 34.5. The van der Waals surface area contributed by atoms with Crippen molar-refractivity contribution in [3.8, 4) is 33.8 Å². The normalized spacial score (nSPS) is 23.6. The maximum absolute atomic E-state index is 13.8. The number of benzene rings is 2. The Bertz CT molecular complexity index is 2460. The van der Waals surface area contributed by atoms with Crippen molar-refractivity contribution in [2.45, 2.75) is 89.6 Å². The molecule has 2 aliphatic heterocycles. The molecule has 4 amide bonds. The van der Waals surface area contributed by atoms with Crippen molar-refractivity contribution in [2.24, 2.45) is 23.7 Å². The molecular weight excluding hydrogens is 765 g/mol. The number of alkyl carbamates (subject to hydrolysis) is 2. The van der Waals surface area contributed by atoms with Gasteiger partial charge >= 0.3 is 12.2 Å². The molecule has 0 spiro atoms. The number of likely N-dealkylation sites (tertiary alicyclic amines) is 2. The fourth-order valence-electron chi connectivity index (χ4n) is 9.21. The molecule has 4 aliphatic rings. The highest BCUT2D eigenvalue weighted by Crippen LogP contribution is 2.54.